The van der Waals surface area contributed by atoms with Gasteiger partial charge in [-0.05, 0) is 138 Å². The molecule has 13 aromatic carbocycles. The van der Waals surface area contributed by atoms with Crippen molar-refractivity contribution < 1.29 is 8.83 Å². The first-order valence-corrected chi connectivity index (χ1v) is 25.2. The van der Waals surface area contributed by atoms with E-state index >= 15 is 0 Å². The average molecular weight is 945 g/mol. The second-order valence-electron chi connectivity index (χ2n) is 19.1. The molecule has 0 N–H and O–H groups in total. The molecule has 0 spiro atoms. The molecular weight excluding hydrogens is 901 g/mol. The third-order valence-electron chi connectivity index (χ3n) is 15.0. The second kappa shape index (κ2) is 16.9. The first-order chi connectivity index (χ1) is 36.7. The Labute approximate surface area is 426 Å². The van der Waals surface area contributed by atoms with E-state index in [0.717, 1.165) is 99.5 Å². The largest absolute Gasteiger partial charge is 0.454 e. The van der Waals surface area contributed by atoms with Gasteiger partial charge in [0, 0.05) is 44.3 Å². The Morgan fingerprint density at radius 3 is 1.05 bits per heavy atom. The normalized spacial score (nSPS) is 11.8. The predicted octanol–water partition coefficient (Wildman–Crippen LogP) is 20.4. The maximum atomic E-state index is 6.79. The number of para-hydroxylation sites is 6. The SMILES string of the molecule is c1ccc(N(c2ccc3c(-c4cccc5ccccc45)c4cc(N(c5ccccc5)c5cccc6c5oc5ccccc56)ccc4c(-c4cccc5ccccc45)c3c2)c2cccc3c2oc2ccccc23)cc1. The summed E-state index contributed by atoms with van der Waals surface area (Å²) in [5.41, 5.74) is 14.1. The van der Waals surface area contributed by atoms with Crippen LogP contribution in [0.3, 0.4) is 0 Å². The van der Waals surface area contributed by atoms with Gasteiger partial charge in [0.15, 0.2) is 11.2 Å². The molecule has 346 valence electrons. The Morgan fingerprint density at radius 2 is 0.595 bits per heavy atom. The van der Waals surface area contributed by atoms with Gasteiger partial charge in [0.1, 0.15) is 11.2 Å². The van der Waals surface area contributed by atoms with E-state index < -0.39 is 0 Å². The fourth-order valence-corrected chi connectivity index (χ4v) is 11.8. The van der Waals surface area contributed by atoms with Gasteiger partial charge in [0.2, 0.25) is 0 Å². The first-order valence-electron chi connectivity index (χ1n) is 25.2. The maximum Gasteiger partial charge on any atom is 0.159 e. The molecule has 2 aromatic heterocycles. The fourth-order valence-electron chi connectivity index (χ4n) is 11.8. The van der Waals surface area contributed by atoms with E-state index in [1.165, 1.54) is 43.8 Å². The number of hydrogen-bond donors (Lipinski definition) is 0. The van der Waals surface area contributed by atoms with Crippen molar-refractivity contribution in [1.82, 2.24) is 0 Å². The predicted molar refractivity (Wildman–Crippen MR) is 311 cm³/mol. The molecule has 0 unspecified atom stereocenters. The number of fused-ring (bicyclic) bond motifs is 10. The first kappa shape index (κ1) is 41.8. The molecule has 4 heteroatoms. The minimum atomic E-state index is 0.843. The van der Waals surface area contributed by atoms with E-state index in [4.69, 9.17) is 8.83 Å². The van der Waals surface area contributed by atoms with Crippen LogP contribution in [0.4, 0.5) is 34.1 Å². The van der Waals surface area contributed by atoms with Gasteiger partial charge in [0.05, 0.1) is 11.4 Å². The summed E-state index contributed by atoms with van der Waals surface area (Å²) in [4.78, 5) is 4.72. The highest BCUT2D eigenvalue weighted by Crippen LogP contribution is 2.52. The Balaban J connectivity index is 1.08. The molecule has 0 saturated carbocycles. The summed E-state index contributed by atoms with van der Waals surface area (Å²) in [6, 6.07) is 96.2. The Morgan fingerprint density at radius 1 is 0.230 bits per heavy atom. The van der Waals surface area contributed by atoms with Gasteiger partial charge < -0.3 is 18.6 Å². The zero-order chi connectivity index (χ0) is 48.7. The van der Waals surface area contributed by atoms with Crippen molar-refractivity contribution in [1.29, 1.82) is 0 Å². The lowest BCUT2D eigenvalue weighted by Crippen LogP contribution is -2.11. The third kappa shape index (κ3) is 6.55. The van der Waals surface area contributed by atoms with Crippen LogP contribution in [0, 0.1) is 0 Å². The fraction of sp³-hybridized carbons (Fsp3) is 0. The Kier molecular flexibility index (Phi) is 9.54. The minimum Gasteiger partial charge on any atom is -0.454 e. The molecule has 2 heterocycles. The van der Waals surface area contributed by atoms with Crippen LogP contribution in [0.25, 0.3) is 109 Å². The number of benzene rings is 13. The molecule has 0 saturated heterocycles. The molecule has 0 fully saturated rings. The smallest absolute Gasteiger partial charge is 0.159 e. The highest BCUT2D eigenvalue weighted by molar-refractivity contribution is 6.26. The van der Waals surface area contributed by atoms with Crippen LogP contribution >= 0.6 is 0 Å². The molecule has 0 bridgehead atoms. The van der Waals surface area contributed by atoms with Gasteiger partial charge in [-0.2, -0.15) is 0 Å². The van der Waals surface area contributed by atoms with E-state index in [1.54, 1.807) is 0 Å². The van der Waals surface area contributed by atoms with Crippen molar-refractivity contribution in [2.75, 3.05) is 9.80 Å². The van der Waals surface area contributed by atoms with Crippen molar-refractivity contribution in [3.05, 3.63) is 267 Å². The molecule has 0 amide bonds. The van der Waals surface area contributed by atoms with Crippen LogP contribution < -0.4 is 9.80 Å². The van der Waals surface area contributed by atoms with Crippen molar-refractivity contribution in [2.45, 2.75) is 0 Å². The van der Waals surface area contributed by atoms with Crippen LogP contribution in [-0.4, -0.2) is 0 Å². The van der Waals surface area contributed by atoms with Crippen molar-refractivity contribution >= 4 is 121 Å². The zero-order valence-electron chi connectivity index (χ0n) is 40.1. The number of hydrogen-bond acceptors (Lipinski definition) is 4. The van der Waals surface area contributed by atoms with E-state index in [2.05, 4.69) is 265 Å². The molecule has 15 rings (SSSR count). The molecule has 15 aromatic rings. The van der Waals surface area contributed by atoms with E-state index in [-0.39, 0.29) is 0 Å². The third-order valence-corrected chi connectivity index (χ3v) is 15.0. The molecule has 0 atom stereocenters. The van der Waals surface area contributed by atoms with Gasteiger partial charge in [-0.15, -0.1) is 0 Å². The van der Waals surface area contributed by atoms with Crippen LogP contribution in [0.2, 0.25) is 0 Å². The molecule has 0 radical (unpaired) electrons. The lowest BCUT2D eigenvalue weighted by Gasteiger charge is -2.28. The van der Waals surface area contributed by atoms with Gasteiger partial charge in [-0.3, -0.25) is 0 Å². The summed E-state index contributed by atoms with van der Waals surface area (Å²) < 4.78 is 13.6. The Hall–Kier alpha value is -9.90. The van der Waals surface area contributed by atoms with Crippen molar-refractivity contribution in [3.8, 4) is 22.3 Å². The summed E-state index contributed by atoms with van der Waals surface area (Å²) in [7, 11) is 0. The number of rotatable bonds is 8. The summed E-state index contributed by atoms with van der Waals surface area (Å²) in [5.74, 6) is 0. The topological polar surface area (TPSA) is 32.8 Å². The highest BCUT2D eigenvalue weighted by atomic mass is 16.3. The van der Waals surface area contributed by atoms with Gasteiger partial charge in [-0.25, -0.2) is 0 Å². The molecule has 0 aliphatic heterocycles. The van der Waals surface area contributed by atoms with Gasteiger partial charge >= 0.3 is 0 Å². The average Bonchev–Trinajstić information content (AvgIpc) is 4.05. The maximum absolute atomic E-state index is 6.79. The van der Waals surface area contributed by atoms with Crippen LogP contribution in [0.1, 0.15) is 0 Å². The number of furan rings is 2. The van der Waals surface area contributed by atoms with Gasteiger partial charge in [0.25, 0.3) is 0 Å². The van der Waals surface area contributed by atoms with Crippen LogP contribution in [-0.2, 0) is 0 Å². The van der Waals surface area contributed by atoms with Crippen molar-refractivity contribution in [3.63, 3.8) is 0 Å². The molecule has 4 nitrogen and oxygen atoms in total. The molecule has 0 aliphatic rings. The standard InChI is InChI=1S/C70H44N2O2/c1-3-23-47(24-4-1)71(63-35-17-33-59-53-29-11-13-37-65(53)73-69(59)63)49-39-41-57-61(43-49)67(55-31-15-21-45-19-7-9-27-51(45)55)58-42-40-50(44-62(58)68(57)56-32-16-22-46-20-8-10-28-52(46)56)72(48-25-5-2-6-26-48)64-36-18-34-60-54-30-12-14-38-66(54)74-70(60)64/h1-44H. The zero-order valence-corrected chi connectivity index (χ0v) is 40.1. The molecular formula is C70H44N2O2. The number of anilines is 6. The van der Waals surface area contributed by atoms with E-state index in [1.807, 2.05) is 12.1 Å². The van der Waals surface area contributed by atoms with Crippen molar-refractivity contribution in [2.24, 2.45) is 0 Å². The Bertz CT molecular complexity index is 4380. The lowest BCUT2D eigenvalue weighted by molar-refractivity contribution is 0.668. The van der Waals surface area contributed by atoms with E-state index in [0.29, 0.717) is 0 Å². The van der Waals surface area contributed by atoms with Gasteiger partial charge in [-0.1, -0.05) is 194 Å². The molecule has 74 heavy (non-hydrogen) atoms. The summed E-state index contributed by atoms with van der Waals surface area (Å²) >= 11 is 0. The summed E-state index contributed by atoms with van der Waals surface area (Å²) in [6.45, 7) is 0. The monoisotopic (exact) mass is 944 g/mol. The lowest BCUT2D eigenvalue weighted by atomic mass is 9.83. The second-order valence-corrected chi connectivity index (χ2v) is 19.1. The van der Waals surface area contributed by atoms with Crippen LogP contribution in [0.15, 0.2) is 276 Å². The van der Waals surface area contributed by atoms with Crippen LogP contribution in [0.5, 0.6) is 0 Å². The summed E-state index contributed by atoms with van der Waals surface area (Å²) in [5, 5.41) is 13.7. The minimum absolute atomic E-state index is 0.843. The summed E-state index contributed by atoms with van der Waals surface area (Å²) in [6.07, 6.45) is 0. The quantitative estimate of drug-likeness (QED) is 0.142. The van der Waals surface area contributed by atoms with E-state index in [9.17, 15) is 0 Å². The molecule has 0 aliphatic carbocycles. The highest BCUT2D eigenvalue weighted by Gasteiger charge is 2.26. The number of nitrogens with zero attached hydrogens (tertiary/aromatic N) is 2.